The number of nitrogens with zero attached hydrogens (tertiary/aromatic N) is 2. The van der Waals surface area contributed by atoms with E-state index < -0.39 is 11.3 Å². The van der Waals surface area contributed by atoms with Gasteiger partial charge in [0.15, 0.2) is 5.16 Å². The fourth-order valence-electron chi connectivity index (χ4n) is 0.704. The lowest BCUT2D eigenvalue weighted by atomic mass is 10.5. The molecule has 14 heavy (non-hydrogen) atoms. The van der Waals surface area contributed by atoms with Crippen LogP contribution in [0.15, 0.2) is 23.6 Å². The van der Waals surface area contributed by atoms with Crippen molar-refractivity contribution in [3.63, 3.8) is 0 Å². The van der Waals surface area contributed by atoms with Gasteiger partial charge in [0, 0.05) is 18.1 Å². The quantitative estimate of drug-likeness (QED) is 0.340. The van der Waals surface area contributed by atoms with Crippen molar-refractivity contribution in [3.8, 4) is 0 Å². The topological polar surface area (TPSA) is 52.1 Å². The summed E-state index contributed by atoms with van der Waals surface area (Å²) in [6, 6.07) is 1.72. The summed E-state index contributed by atoms with van der Waals surface area (Å²) in [6.45, 7) is 0. The Morgan fingerprint density at radius 3 is 2.86 bits per heavy atom. The van der Waals surface area contributed by atoms with Crippen LogP contribution in [0.2, 0.25) is 0 Å². The van der Waals surface area contributed by atoms with Gasteiger partial charge < -0.3 is 4.74 Å². The van der Waals surface area contributed by atoms with Crippen molar-refractivity contribution < 1.29 is 9.53 Å². The highest BCUT2D eigenvalue weighted by Gasteiger charge is 2.16. The average molecular weight is 233 g/mol. The van der Waals surface area contributed by atoms with E-state index in [0.29, 0.717) is 10.9 Å². The smallest absolute Gasteiger partial charge is 0.324 e. The molecule has 1 aromatic heterocycles. The Bertz CT molecular complexity index is 297. The minimum Gasteiger partial charge on any atom is -0.468 e. The molecule has 0 fully saturated rings. The van der Waals surface area contributed by atoms with Gasteiger partial charge in [0.1, 0.15) is 5.38 Å². The van der Waals surface area contributed by atoms with Gasteiger partial charge in [0.05, 0.1) is 7.11 Å². The Morgan fingerprint density at radius 2 is 2.29 bits per heavy atom. The largest absolute Gasteiger partial charge is 0.468 e. The molecule has 1 atom stereocenters. The van der Waals surface area contributed by atoms with E-state index in [1.54, 1.807) is 18.5 Å². The molecule has 0 spiro atoms. The highest BCUT2D eigenvalue weighted by molar-refractivity contribution is 7.99. The second-order valence-electron chi connectivity index (χ2n) is 2.33. The third-order valence-corrected chi connectivity index (χ3v) is 2.84. The van der Waals surface area contributed by atoms with Crippen molar-refractivity contribution >= 4 is 29.3 Å². The Morgan fingerprint density at radius 1 is 1.64 bits per heavy atom. The van der Waals surface area contributed by atoms with E-state index in [0.717, 1.165) is 0 Å². The number of methoxy groups -OCH3 is 1. The Balaban J connectivity index is 2.38. The molecule has 1 unspecified atom stereocenters. The fraction of sp³-hybridized carbons (Fsp3) is 0.375. The number of aromatic nitrogens is 2. The molecule has 6 heteroatoms. The van der Waals surface area contributed by atoms with Crippen molar-refractivity contribution in [3.05, 3.63) is 18.5 Å². The third kappa shape index (κ3) is 3.51. The molecule has 0 aliphatic heterocycles. The van der Waals surface area contributed by atoms with Gasteiger partial charge in [-0.15, -0.1) is 11.6 Å². The molecular formula is C8H9ClN2O2S. The fourth-order valence-corrected chi connectivity index (χ4v) is 1.68. The van der Waals surface area contributed by atoms with E-state index in [9.17, 15) is 4.79 Å². The zero-order valence-electron chi connectivity index (χ0n) is 7.51. The summed E-state index contributed by atoms with van der Waals surface area (Å²) in [5.41, 5.74) is 0. The number of hydrogen-bond acceptors (Lipinski definition) is 5. The zero-order valence-corrected chi connectivity index (χ0v) is 9.09. The summed E-state index contributed by atoms with van der Waals surface area (Å²) in [6.07, 6.45) is 3.27. The molecule has 0 N–H and O–H groups in total. The maximum Gasteiger partial charge on any atom is 0.324 e. The van der Waals surface area contributed by atoms with E-state index in [4.69, 9.17) is 11.6 Å². The number of thioether (sulfide) groups is 1. The standard InChI is InChI=1S/C8H9ClN2O2S/c1-13-7(12)6(9)5-14-8-10-3-2-4-11-8/h2-4,6H,5H2,1H3. The lowest BCUT2D eigenvalue weighted by molar-refractivity contribution is -0.139. The van der Waals surface area contributed by atoms with Crippen molar-refractivity contribution in [2.75, 3.05) is 12.9 Å². The van der Waals surface area contributed by atoms with Crippen LogP contribution < -0.4 is 0 Å². The molecule has 0 bridgehead atoms. The highest BCUT2D eigenvalue weighted by atomic mass is 35.5. The van der Waals surface area contributed by atoms with Crippen LogP contribution >= 0.6 is 23.4 Å². The van der Waals surface area contributed by atoms with Crippen molar-refractivity contribution in [2.45, 2.75) is 10.5 Å². The number of halogens is 1. The van der Waals surface area contributed by atoms with Gasteiger partial charge in [0.2, 0.25) is 0 Å². The summed E-state index contributed by atoms with van der Waals surface area (Å²) in [5, 5.41) is -0.0594. The van der Waals surface area contributed by atoms with E-state index in [2.05, 4.69) is 14.7 Å². The SMILES string of the molecule is COC(=O)C(Cl)CSc1ncccn1. The number of rotatable bonds is 4. The normalized spacial score (nSPS) is 12.1. The molecule has 1 heterocycles. The Kier molecular flexibility index (Phi) is 4.69. The lowest BCUT2D eigenvalue weighted by Gasteiger charge is -2.04. The number of esters is 1. The predicted octanol–water partition coefficient (Wildman–Crippen LogP) is 1.35. The number of carbonyl (C=O) groups is 1. The predicted molar refractivity (Wildman–Crippen MR) is 54.4 cm³/mol. The average Bonchev–Trinajstić information content (AvgIpc) is 2.26. The first-order valence-electron chi connectivity index (χ1n) is 3.85. The summed E-state index contributed by atoms with van der Waals surface area (Å²) < 4.78 is 4.48. The third-order valence-electron chi connectivity index (χ3n) is 1.36. The first kappa shape index (κ1) is 11.3. The Labute approximate surface area is 91.0 Å². The zero-order chi connectivity index (χ0) is 10.4. The Hall–Kier alpha value is -0.810. The van der Waals surface area contributed by atoms with Gasteiger partial charge in [0.25, 0.3) is 0 Å². The molecule has 0 saturated heterocycles. The van der Waals surface area contributed by atoms with E-state index in [1.165, 1.54) is 18.9 Å². The lowest BCUT2D eigenvalue weighted by Crippen LogP contribution is -2.18. The molecular weight excluding hydrogens is 224 g/mol. The molecule has 0 aromatic carbocycles. The number of hydrogen-bond donors (Lipinski definition) is 0. The van der Waals surface area contributed by atoms with Crippen LogP contribution in [0.1, 0.15) is 0 Å². The summed E-state index contributed by atoms with van der Waals surface area (Å²) in [5.74, 6) is -0.0341. The molecule has 0 aliphatic rings. The van der Waals surface area contributed by atoms with Gasteiger partial charge in [-0.3, -0.25) is 4.79 Å². The summed E-state index contributed by atoms with van der Waals surface area (Å²) in [7, 11) is 1.31. The van der Waals surface area contributed by atoms with E-state index in [1.807, 2.05) is 0 Å². The molecule has 4 nitrogen and oxygen atoms in total. The molecule has 1 aromatic rings. The molecule has 0 radical (unpaired) electrons. The van der Waals surface area contributed by atoms with Gasteiger partial charge >= 0.3 is 5.97 Å². The number of alkyl halides is 1. The van der Waals surface area contributed by atoms with Gasteiger partial charge in [-0.1, -0.05) is 11.8 Å². The van der Waals surface area contributed by atoms with Crippen molar-refractivity contribution in [1.29, 1.82) is 0 Å². The number of carbonyl (C=O) groups excluding carboxylic acids is 1. The second-order valence-corrected chi connectivity index (χ2v) is 3.85. The maximum atomic E-state index is 10.9. The van der Waals surface area contributed by atoms with Gasteiger partial charge in [-0.25, -0.2) is 9.97 Å². The van der Waals surface area contributed by atoms with Crippen LogP contribution in [0.4, 0.5) is 0 Å². The minimum atomic E-state index is -0.659. The highest BCUT2D eigenvalue weighted by Crippen LogP contribution is 2.15. The molecule has 0 amide bonds. The first-order valence-corrected chi connectivity index (χ1v) is 5.28. The van der Waals surface area contributed by atoms with Crippen LogP contribution in [0.25, 0.3) is 0 Å². The summed E-state index contributed by atoms with van der Waals surface area (Å²) in [4.78, 5) is 18.9. The first-order chi connectivity index (χ1) is 6.74. The molecule has 0 aliphatic carbocycles. The van der Waals surface area contributed by atoms with E-state index >= 15 is 0 Å². The number of ether oxygens (including phenoxy) is 1. The van der Waals surface area contributed by atoms with Gasteiger partial charge in [-0.05, 0) is 6.07 Å². The van der Waals surface area contributed by atoms with Crippen LogP contribution in [0.3, 0.4) is 0 Å². The molecule has 1 rings (SSSR count). The minimum absolute atomic E-state index is 0.401. The van der Waals surface area contributed by atoms with Gasteiger partial charge in [-0.2, -0.15) is 0 Å². The molecule has 76 valence electrons. The monoisotopic (exact) mass is 232 g/mol. The second kappa shape index (κ2) is 5.82. The summed E-state index contributed by atoms with van der Waals surface area (Å²) >= 11 is 7.05. The van der Waals surface area contributed by atoms with Crippen LogP contribution in [0, 0.1) is 0 Å². The maximum absolute atomic E-state index is 10.9. The van der Waals surface area contributed by atoms with Crippen LogP contribution in [0.5, 0.6) is 0 Å². The molecule has 0 saturated carbocycles. The van der Waals surface area contributed by atoms with E-state index in [-0.39, 0.29) is 0 Å². The van der Waals surface area contributed by atoms with Crippen LogP contribution in [-0.2, 0) is 9.53 Å². The van der Waals surface area contributed by atoms with Crippen LogP contribution in [-0.4, -0.2) is 34.2 Å². The van der Waals surface area contributed by atoms with Crippen molar-refractivity contribution in [1.82, 2.24) is 9.97 Å². The van der Waals surface area contributed by atoms with Crippen molar-refractivity contribution in [2.24, 2.45) is 0 Å².